The Balaban J connectivity index is 1.70. The first-order valence-electron chi connectivity index (χ1n) is 11.2. The summed E-state index contributed by atoms with van der Waals surface area (Å²) in [7, 11) is 2.00. The number of fused-ring (bicyclic) bond motifs is 5. The number of aliphatic hydroxyl groups is 1. The topological polar surface area (TPSA) is 40.5 Å². The predicted molar refractivity (Wildman–Crippen MR) is 109 cm³/mol. The summed E-state index contributed by atoms with van der Waals surface area (Å²) in [6.07, 6.45) is 11.0. The van der Waals surface area contributed by atoms with E-state index in [0.717, 1.165) is 12.8 Å². The Morgan fingerprint density at radius 1 is 1.26 bits per heavy atom. The second kappa shape index (κ2) is 6.08. The summed E-state index contributed by atoms with van der Waals surface area (Å²) in [5, 5.41) is 11.1. The lowest BCUT2D eigenvalue weighted by atomic mass is 9.45. The molecule has 0 aromatic rings. The minimum absolute atomic E-state index is 0.104. The first-order valence-corrected chi connectivity index (χ1v) is 11.2. The molecule has 3 saturated carbocycles. The molecule has 4 rings (SSSR count). The zero-order valence-corrected chi connectivity index (χ0v) is 18.2. The van der Waals surface area contributed by atoms with Crippen molar-refractivity contribution in [1.29, 1.82) is 0 Å². The van der Waals surface area contributed by atoms with Gasteiger partial charge >= 0.3 is 0 Å². The van der Waals surface area contributed by atoms with E-state index < -0.39 is 5.60 Å². The van der Waals surface area contributed by atoms with Gasteiger partial charge in [0.1, 0.15) is 0 Å². The van der Waals surface area contributed by atoms with Gasteiger partial charge in [0, 0.05) is 18.5 Å². The molecular formula is C24H39NO2. The van der Waals surface area contributed by atoms with Crippen molar-refractivity contribution < 1.29 is 9.90 Å². The fraction of sp³-hybridized carbons (Fsp3) is 0.875. The molecule has 0 radical (unpaired) electrons. The molecule has 27 heavy (non-hydrogen) atoms. The van der Waals surface area contributed by atoms with Gasteiger partial charge in [0.25, 0.3) is 0 Å². The van der Waals surface area contributed by atoms with Crippen molar-refractivity contribution in [3.63, 3.8) is 0 Å². The molecule has 3 fully saturated rings. The Morgan fingerprint density at radius 3 is 2.63 bits per heavy atom. The van der Waals surface area contributed by atoms with Gasteiger partial charge in [-0.15, -0.1) is 0 Å². The number of hydrogen-bond acceptors (Lipinski definition) is 2. The van der Waals surface area contributed by atoms with Crippen LogP contribution in [0.2, 0.25) is 0 Å². The molecular weight excluding hydrogens is 334 g/mol. The monoisotopic (exact) mass is 373 g/mol. The third-order valence-electron chi connectivity index (χ3n) is 9.97. The van der Waals surface area contributed by atoms with Crippen LogP contribution in [0.25, 0.3) is 0 Å². The highest BCUT2D eigenvalue weighted by atomic mass is 16.3. The fourth-order valence-corrected chi connectivity index (χ4v) is 8.32. The molecule has 0 saturated heterocycles. The maximum atomic E-state index is 12.3. The lowest BCUT2D eigenvalue weighted by Crippen LogP contribution is -2.62. The maximum Gasteiger partial charge on any atom is 0.246 e. The minimum Gasteiger partial charge on any atom is -0.390 e. The first-order chi connectivity index (χ1) is 12.6. The molecule has 1 aliphatic heterocycles. The number of carbonyl (C=O) groups is 1. The molecule has 0 aromatic heterocycles. The van der Waals surface area contributed by atoms with Crippen molar-refractivity contribution in [1.82, 2.24) is 4.90 Å². The number of rotatable bonds is 2. The summed E-state index contributed by atoms with van der Waals surface area (Å²) in [4.78, 5) is 14.3. The Bertz CT molecular complexity index is 655. The second-order valence-electron chi connectivity index (χ2n) is 11.1. The minimum atomic E-state index is -0.544. The van der Waals surface area contributed by atoms with E-state index in [0.29, 0.717) is 35.6 Å². The van der Waals surface area contributed by atoms with Crippen molar-refractivity contribution in [2.24, 2.45) is 40.4 Å². The molecule has 1 amide bonds. The Labute approximate surface area is 165 Å². The van der Waals surface area contributed by atoms with E-state index in [1.807, 2.05) is 18.0 Å². The Hall–Kier alpha value is -0.830. The van der Waals surface area contributed by atoms with Crippen LogP contribution in [0.1, 0.15) is 73.1 Å². The van der Waals surface area contributed by atoms with Gasteiger partial charge in [0.2, 0.25) is 5.91 Å². The number of likely N-dealkylation sites (N-methyl/N-ethyl adjacent to an activating group) is 1. The number of carbonyl (C=O) groups excluding carboxylic acids is 1. The highest BCUT2D eigenvalue weighted by Crippen LogP contribution is 2.68. The zero-order valence-electron chi connectivity index (χ0n) is 18.2. The molecule has 0 aromatic carbocycles. The van der Waals surface area contributed by atoms with E-state index in [4.69, 9.17) is 0 Å². The third-order valence-corrected chi connectivity index (χ3v) is 9.97. The van der Waals surface area contributed by atoms with Crippen molar-refractivity contribution in [2.45, 2.75) is 84.8 Å². The quantitative estimate of drug-likeness (QED) is 0.765. The predicted octanol–water partition coefficient (Wildman–Crippen LogP) is 4.65. The van der Waals surface area contributed by atoms with Gasteiger partial charge in [0.15, 0.2) is 0 Å². The van der Waals surface area contributed by atoms with Crippen molar-refractivity contribution >= 4 is 5.91 Å². The van der Waals surface area contributed by atoms with E-state index in [2.05, 4.69) is 40.7 Å². The van der Waals surface area contributed by atoms with Crippen LogP contribution < -0.4 is 0 Å². The fourth-order valence-electron chi connectivity index (χ4n) is 8.32. The van der Waals surface area contributed by atoms with Gasteiger partial charge in [-0.3, -0.25) is 4.79 Å². The molecule has 3 heteroatoms. The number of hydrogen-bond donors (Lipinski definition) is 1. The van der Waals surface area contributed by atoms with Crippen molar-refractivity contribution in [3.8, 4) is 0 Å². The summed E-state index contributed by atoms with van der Waals surface area (Å²) in [6, 6.07) is 0.339. The van der Waals surface area contributed by atoms with E-state index in [1.54, 1.807) is 0 Å². The van der Waals surface area contributed by atoms with Gasteiger partial charge in [-0.2, -0.15) is 0 Å². The van der Waals surface area contributed by atoms with Gasteiger partial charge in [0.05, 0.1) is 5.60 Å². The van der Waals surface area contributed by atoms with E-state index >= 15 is 0 Å². The molecule has 3 nitrogen and oxygen atoms in total. The average Bonchev–Trinajstić information content (AvgIpc) is 2.98. The van der Waals surface area contributed by atoms with Crippen LogP contribution in [-0.4, -0.2) is 34.6 Å². The standard InChI is InChI=1S/C24H39NO2/c1-7-24(5,27)18-9-8-16-21-15(2)14-19-23(4,13-11-20(26)25(19)6)17(21)10-12-22(16,18)3/h11,13,15-19,21,27H,7-10,12,14H2,1-6H3/t15?,16-,17-,18-,19?,21-,22-,23+,24?/m0/s1. The summed E-state index contributed by atoms with van der Waals surface area (Å²) >= 11 is 0. The van der Waals surface area contributed by atoms with Crippen LogP contribution in [0.4, 0.5) is 0 Å². The van der Waals surface area contributed by atoms with Crippen molar-refractivity contribution in [3.05, 3.63) is 12.2 Å². The summed E-state index contributed by atoms with van der Waals surface area (Å²) in [5.74, 6) is 3.32. The number of nitrogens with zero attached hydrogens (tertiary/aromatic N) is 1. The van der Waals surface area contributed by atoms with Gasteiger partial charge in [-0.1, -0.05) is 33.8 Å². The molecule has 4 aliphatic rings. The smallest absolute Gasteiger partial charge is 0.246 e. The molecule has 3 aliphatic carbocycles. The SMILES string of the molecule is CCC(C)(O)[C@H]1CC[C@H]2[C@@H]3C(C)CC4N(C)C(=O)C=C[C@]4(C)[C@H]3CC[C@]12C. The molecule has 1 heterocycles. The van der Waals surface area contributed by atoms with Crippen LogP contribution in [0.3, 0.4) is 0 Å². The van der Waals surface area contributed by atoms with E-state index in [1.165, 1.54) is 25.7 Å². The highest BCUT2D eigenvalue weighted by Gasteiger charge is 2.63. The second-order valence-corrected chi connectivity index (χ2v) is 11.1. The molecule has 3 unspecified atom stereocenters. The lowest BCUT2D eigenvalue weighted by molar-refractivity contribution is -0.151. The van der Waals surface area contributed by atoms with E-state index in [9.17, 15) is 9.90 Å². The average molecular weight is 374 g/mol. The normalized spacial score (nSPS) is 51.4. The van der Waals surface area contributed by atoms with Crippen LogP contribution >= 0.6 is 0 Å². The molecule has 1 N–H and O–H groups in total. The summed E-state index contributed by atoms with van der Waals surface area (Å²) < 4.78 is 0. The van der Waals surface area contributed by atoms with Crippen molar-refractivity contribution in [2.75, 3.05) is 7.05 Å². The lowest BCUT2D eigenvalue weighted by Gasteiger charge is -2.62. The Kier molecular flexibility index (Phi) is 4.39. The van der Waals surface area contributed by atoms with Crippen LogP contribution in [-0.2, 0) is 4.79 Å². The van der Waals surface area contributed by atoms with Crippen LogP contribution in [0, 0.1) is 40.4 Å². The van der Waals surface area contributed by atoms with Gasteiger partial charge in [-0.05, 0) is 86.5 Å². The maximum absolute atomic E-state index is 12.3. The summed E-state index contributed by atoms with van der Waals surface area (Å²) in [6.45, 7) is 11.5. The number of amides is 1. The third kappa shape index (κ3) is 2.52. The Morgan fingerprint density at radius 2 is 1.96 bits per heavy atom. The molecule has 0 spiro atoms. The van der Waals surface area contributed by atoms with Gasteiger partial charge in [-0.25, -0.2) is 0 Å². The molecule has 9 atom stereocenters. The highest BCUT2D eigenvalue weighted by molar-refractivity contribution is 5.89. The van der Waals surface area contributed by atoms with Crippen LogP contribution in [0.5, 0.6) is 0 Å². The molecule has 152 valence electrons. The molecule has 0 bridgehead atoms. The largest absolute Gasteiger partial charge is 0.390 e. The zero-order chi connectivity index (χ0) is 19.8. The van der Waals surface area contributed by atoms with Crippen LogP contribution in [0.15, 0.2) is 12.2 Å². The van der Waals surface area contributed by atoms with Gasteiger partial charge < -0.3 is 10.0 Å². The van der Waals surface area contributed by atoms with E-state index in [-0.39, 0.29) is 16.7 Å². The first kappa shape index (κ1) is 19.5. The summed E-state index contributed by atoms with van der Waals surface area (Å²) in [5.41, 5.74) is -0.178.